The van der Waals surface area contributed by atoms with Gasteiger partial charge in [0, 0.05) is 0 Å². The number of rotatable bonds is 4. The first-order chi connectivity index (χ1) is 7.56. The molecule has 4 heteroatoms. The predicted molar refractivity (Wildman–Crippen MR) is 56.3 cm³/mol. The lowest BCUT2D eigenvalue weighted by molar-refractivity contribution is -0.148. The van der Waals surface area contributed by atoms with E-state index < -0.39 is 17.7 Å². The lowest BCUT2D eigenvalue weighted by Gasteiger charge is -2.11. The van der Waals surface area contributed by atoms with Crippen molar-refractivity contribution < 1.29 is 18.7 Å². The summed E-state index contributed by atoms with van der Waals surface area (Å²) in [6.45, 7) is 1.29. The summed E-state index contributed by atoms with van der Waals surface area (Å²) in [4.78, 5) is 22.5. The van der Waals surface area contributed by atoms with Gasteiger partial charge in [-0.15, -0.1) is 0 Å². The van der Waals surface area contributed by atoms with E-state index >= 15 is 0 Å². The third-order valence-corrected chi connectivity index (χ3v) is 2.36. The van der Waals surface area contributed by atoms with Crippen molar-refractivity contribution in [1.82, 2.24) is 0 Å². The third kappa shape index (κ3) is 2.89. The molecule has 0 amide bonds. The molecule has 0 bridgehead atoms. The first kappa shape index (κ1) is 12.4. The Morgan fingerprint density at radius 1 is 1.38 bits per heavy atom. The van der Waals surface area contributed by atoms with Crippen LogP contribution in [0, 0.1) is 11.7 Å². The van der Waals surface area contributed by atoms with E-state index in [1.807, 2.05) is 0 Å². The predicted octanol–water partition coefficient (Wildman–Crippen LogP) is 1.75. The van der Waals surface area contributed by atoms with Gasteiger partial charge in [-0.25, -0.2) is 4.39 Å². The van der Waals surface area contributed by atoms with E-state index in [1.54, 1.807) is 18.2 Å². The van der Waals surface area contributed by atoms with Crippen LogP contribution in [0.3, 0.4) is 0 Å². The first-order valence-corrected chi connectivity index (χ1v) is 4.88. The summed E-state index contributed by atoms with van der Waals surface area (Å²) >= 11 is 0. The molecular weight excluding hydrogens is 211 g/mol. The SMILES string of the molecule is COC(=O)[C@@H](Cc1ccccc1F)C(C)=O. The van der Waals surface area contributed by atoms with Crippen LogP contribution in [-0.2, 0) is 20.7 Å². The van der Waals surface area contributed by atoms with Crippen molar-refractivity contribution in [3.63, 3.8) is 0 Å². The molecule has 1 rings (SSSR count). The molecule has 0 saturated heterocycles. The zero-order valence-electron chi connectivity index (χ0n) is 9.20. The van der Waals surface area contributed by atoms with Crippen LogP contribution in [0.2, 0.25) is 0 Å². The highest BCUT2D eigenvalue weighted by Gasteiger charge is 2.25. The molecule has 1 aromatic carbocycles. The topological polar surface area (TPSA) is 43.4 Å². The van der Waals surface area contributed by atoms with Gasteiger partial charge < -0.3 is 4.74 Å². The molecule has 0 unspecified atom stereocenters. The van der Waals surface area contributed by atoms with Crippen molar-refractivity contribution in [3.05, 3.63) is 35.6 Å². The lowest BCUT2D eigenvalue weighted by Crippen LogP contribution is -2.25. The van der Waals surface area contributed by atoms with Crippen molar-refractivity contribution in [3.8, 4) is 0 Å². The summed E-state index contributed by atoms with van der Waals surface area (Å²) in [5, 5.41) is 0. The molecule has 0 heterocycles. The van der Waals surface area contributed by atoms with Gasteiger partial charge in [0.1, 0.15) is 17.5 Å². The second-order valence-electron chi connectivity index (χ2n) is 3.48. The smallest absolute Gasteiger partial charge is 0.316 e. The van der Waals surface area contributed by atoms with Crippen LogP contribution in [-0.4, -0.2) is 18.9 Å². The minimum absolute atomic E-state index is 0.0364. The molecule has 0 aromatic heterocycles. The molecule has 1 atom stereocenters. The summed E-state index contributed by atoms with van der Waals surface area (Å²) in [5.74, 6) is -2.30. The highest BCUT2D eigenvalue weighted by molar-refractivity contribution is 5.97. The highest BCUT2D eigenvalue weighted by atomic mass is 19.1. The number of carbonyl (C=O) groups is 2. The fourth-order valence-corrected chi connectivity index (χ4v) is 1.42. The number of esters is 1. The van der Waals surface area contributed by atoms with Crippen LogP contribution in [0.1, 0.15) is 12.5 Å². The number of ether oxygens (including phenoxy) is 1. The average molecular weight is 224 g/mol. The zero-order valence-corrected chi connectivity index (χ0v) is 9.20. The number of ketones is 1. The number of carbonyl (C=O) groups excluding carboxylic acids is 2. The maximum atomic E-state index is 13.3. The minimum Gasteiger partial charge on any atom is -0.468 e. The van der Waals surface area contributed by atoms with E-state index in [2.05, 4.69) is 4.74 Å². The van der Waals surface area contributed by atoms with Crippen LogP contribution in [0.25, 0.3) is 0 Å². The second kappa shape index (κ2) is 5.39. The monoisotopic (exact) mass is 224 g/mol. The van der Waals surface area contributed by atoms with Gasteiger partial charge in [0.2, 0.25) is 0 Å². The van der Waals surface area contributed by atoms with Gasteiger partial charge >= 0.3 is 5.97 Å². The van der Waals surface area contributed by atoms with Crippen LogP contribution in [0.5, 0.6) is 0 Å². The maximum Gasteiger partial charge on any atom is 0.316 e. The van der Waals surface area contributed by atoms with Gasteiger partial charge in [-0.1, -0.05) is 18.2 Å². The van der Waals surface area contributed by atoms with E-state index in [0.29, 0.717) is 5.56 Å². The molecule has 1 aromatic rings. The Balaban J connectivity index is 2.88. The van der Waals surface area contributed by atoms with Crippen LogP contribution in [0.15, 0.2) is 24.3 Å². The van der Waals surface area contributed by atoms with Gasteiger partial charge in [-0.05, 0) is 25.0 Å². The Morgan fingerprint density at radius 3 is 2.50 bits per heavy atom. The van der Waals surface area contributed by atoms with Crippen molar-refractivity contribution in [1.29, 1.82) is 0 Å². The van der Waals surface area contributed by atoms with Crippen LogP contribution >= 0.6 is 0 Å². The molecule has 0 aliphatic heterocycles. The number of methoxy groups -OCH3 is 1. The van der Waals surface area contributed by atoms with Gasteiger partial charge in [-0.3, -0.25) is 9.59 Å². The number of Topliss-reactive ketones (excluding diaryl/α,β-unsaturated/α-hetero) is 1. The molecule has 0 aliphatic rings. The van der Waals surface area contributed by atoms with E-state index in [9.17, 15) is 14.0 Å². The normalized spacial score (nSPS) is 11.9. The molecule has 16 heavy (non-hydrogen) atoms. The molecular formula is C12H13FO3. The van der Waals surface area contributed by atoms with Gasteiger partial charge in [0.05, 0.1) is 7.11 Å². The Hall–Kier alpha value is -1.71. The number of hydrogen-bond donors (Lipinski definition) is 0. The summed E-state index contributed by atoms with van der Waals surface area (Å²) in [6, 6.07) is 6.06. The highest BCUT2D eigenvalue weighted by Crippen LogP contribution is 2.14. The Kier molecular flexibility index (Phi) is 4.17. The fraction of sp³-hybridized carbons (Fsp3) is 0.333. The molecule has 86 valence electrons. The average Bonchev–Trinajstić information content (AvgIpc) is 2.26. The number of benzene rings is 1. The molecule has 0 radical (unpaired) electrons. The largest absolute Gasteiger partial charge is 0.468 e. The standard InChI is InChI=1S/C12H13FO3/c1-8(14)10(12(15)16-2)7-9-5-3-4-6-11(9)13/h3-6,10H,7H2,1-2H3/t10-/m0/s1. The summed E-state index contributed by atoms with van der Waals surface area (Å²) in [5.41, 5.74) is 0.341. The second-order valence-corrected chi connectivity index (χ2v) is 3.48. The summed E-state index contributed by atoms with van der Waals surface area (Å²) < 4.78 is 17.8. The van der Waals surface area contributed by atoms with Crippen molar-refractivity contribution in [2.24, 2.45) is 5.92 Å². The van der Waals surface area contributed by atoms with Crippen molar-refractivity contribution >= 4 is 11.8 Å². The molecule has 0 fully saturated rings. The van der Waals surface area contributed by atoms with E-state index in [-0.39, 0.29) is 12.2 Å². The Morgan fingerprint density at radius 2 is 2.00 bits per heavy atom. The van der Waals surface area contributed by atoms with E-state index in [0.717, 1.165) is 0 Å². The number of hydrogen-bond acceptors (Lipinski definition) is 3. The zero-order chi connectivity index (χ0) is 12.1. The number of halogens is 1. The van der Waals surface area contributed by atoms with Crippen LogP contribution in [0.4, 0.5) is 4.39 Å². The minimum atomic E-state index is -0.929. The lowest BCUT2D eigenvalue weighted by atomic mass is 9.96. The quantitative estimate of drug-likeness (QED) is 0.578. The molecule has 0 spiro atoms. The van der Waals surface area contributed by atoms with Crippen LogP contribution < -0.4 is 0 Å². The molecule has 3 nitrogen and oxygen atoms in total. The van der Waals surface area contributed by atoms with E-state index in [1.165, 1.54) is 20.1 Å². The van der Waals surface area contributed by atoms with Gasteiger partial charge in [-0.2, -0.15) is 0 Å². The fourth-order valence-electron chi connectivity index (χ4n) is 1.42. The first-order valence-electron chi connectivity index (χ1n) is 4.88. The van der Waals surface area contributed by atoms with E-state index in [4.69, 9.17) is 0 Å². The van der Waals surface area contributed by atoms with Crippen molar-refractivity contribution in [2.75, 3.05) is 7.11 Å². The third-order valence-electron chi connectivity index (χ3n) is 2.36. The van der Waals surface area contributed by atoms with Gasteiger partial charge in [0.15, 0.2) is 0 Å². The maximum absolute atomic E-state index is 13.3. The summed E-state index contributed by atoms with van der Waals surface area (Å²) in [6.07, 6.45) is 0.0364. The Bertz CT molecular complexity index is 401. The Labute approximate surface area is 93.2 Å². The van der Waals surface area contributed by atoms with Gasteiger partial charge in [0.25, 0.3) is 0 Å². The summed E-state index contributed by atoms with van der Waals surface area (Å²) in [7, 11) is 1.21. The molecule has 0 aliphatic carbocycles. The van der Waals surface area contributed by atoms with Crippen molar-refractivity contribution in [2.45, 2.75) is 13.3 Å². The molecule has 0 N–H and O–H groups in total. The molecule has 0 saturated carbocycles.